The average Bonchev–Trinajstić information content (AvgIpc) is 1.39. The SMILES string of the molecule is [Mg+2].[O-]CCl.[O-]CCl. The number of hydrogen-bond acceptors (Lipinski definition) is 2. The molecule has 0 spiro atoms. The molecule has 0 aromatic heterocycles. The third kappa shape index (κ3) is 126. The van der Waals surface area contributed by atoms with Gasteiger partial charge in [0.1, 0.15) is 0 Å². The van der Waals surface area contributed by atoms with Gasteiger partial charge < -0.3 is 10.2 Å². The zero-order valence-electron chi connectivity index (χ0n) is 3.69. The Morgan fingerprint density at radius 3 is 1.00 bits per heavy atom. The third-order valence-electron chi connectivity index (χ3n) is 0. The molecule has 0 aliphatic carbocycles. The topological polar surface area (TPSA) is 46.1 Å². The van der Waals surface area contributed by atoms with E-state index >= 15 is 0 Å². The van der Waals surface area contributed by atoms with Crippen molar-refractivity contribution in [2.45, 2.75) is 0 Å². The standard InChI is InChI=1S/2CH2ClO.Mg/c2*2-1-3;/h2*1H2;/q2*-1;+2. The van der Waals surface area contributed by atoms with Crippen LogP contribution in [0, 0.1) is 0 Å². The van der Waals surface area contributed by atoms with Gasteiger partial charge >= 0.3 is 23.1 Å². The minimum Gasteiger partial charge on any atom is -0.843 e. The van der Waals surface area contributed by atoms with Crippen LogP contribution in [0.25, 0.3) is 0 Å². The summed E-state index contributed by atoms with van der Waals surface area (Å²) in [6, 6.07) is -1.06. The van der Waals surface area contributed by atoms with Gasteiger partial charge in [0, 0.05) is 0 Å². The van der Waals surface area contributed by atoms with Crippen LogP contribution in [0.5, 0.6) is 0 Å². The molecule has 0 bridgehead atoms. The van der Waals surface area contributed by atoms with Crippen molar-refractivity contribution in [1.29, 1.82) is 0 Å². The summed E-state index contributed by atoms with van der Waals surface area (Å²) < 4.78 is 0. The average molecular weight is 155 g/mol. The quantitative estimate of drug-likeness (QED) is 0.322. The van der Waals surface area contributed by atoms with Crippen molar-refractivity contribution in [2.24, 2.45) is 0 Å². The molecule has 0 saturated carbocycles. The Hall–Kier alpha value is 1.27. The van der Waals surface area contributed by atoms with Gasteiger partial charge in [-0.3, -0.25) is 0 Å². The molecule has 2 nitrogen and oxygen atoms in total. The van der Waals surface area contributed by atoms with E-state index in [4.69, 9.17) is 10.2 Å². The normalized spacial score (nSPS) is 5.14. The largest absolute Gasteiger partial charge is 2.00 e. The minimum atomic E-state index is -0.528. The van der Waals surface area contributed by atoms with E-state index in [0.717, 1.165) is 0 Å². The Morgan fingerprint density at radius 2 is 1.00 bits per heavy atom. The summed E-state index contributed by atoms with van der Waals surface area (Å²) in [6.07, 6.45) is 0. The van der Waals surface area contributed by atoms with E-state index in [9.17, 15) is 0 Å². The van der Waals surface area contributed by atoms with Crippen LogP contribution in [0.1, 0.15) is 0 Å². The van der Waals surface area contributed by atoms with Gasteiger partial charge in [0.05, 0.1) is 0 Å². The molecule has 40 valence electrons. The smallest absolute Gasteiger partial charge is 0.843 e. The molecule has 0 saturated heterocycles. The van der Waals surface area contributed by atoms with Crippen molar-refractivity contribution in [3.05, 3.63) is 0 Å². The molecule has 0 atom stereocenters. The van der Waals surface area contributed by atoms with Crippen LogP contribution in [0.4, 0.5) is 0 Å². The second-order valence-corrected chi connectivity index (χ2v) is 0.655. The van der Waals surface area contributed by atoms with Crippen molar-refractivity contribution in [3.63, 3.8) is 0 Å². The van der Waals surface area contributed by atoms with Crippen LogP contribution in [0.2, 0.25) is 0 Å². The van der Waals surface area contributed by atoms with Gasteiger partial charge in [-0.15, -0.1) is 23.2 Å². The summed E-state index contributed by atoms with van der Waals surface area (Å²) >= 11 is 8.89. The fourth-order valence-corrected chi connectivity index (χ4v) is 0. The molecule has 0 aliphatic rings. The molecule has 0 fully saturated rings. The van der Waals surface area contributed by atoms with Gasteiger partial charge in [-0.25, -0.2) is 0 Å². The van der Waals surface area contributed by atoms with Gasteiger partial charge in [0.2, 0.25) is 0 Å². The molecule has 0 aromatic rings. The first-order chi connectivity index (χ1) is 2.83. The van der Waals surface area contributed by atoms with Crippen LogP contribution in [-0.4, -0.2) is 35.2 Å². The summed E-state index contributed by atoms with van der Waals surface area (Å²) in [5.41, 5.74) is 0. The second-order valence-electron chi connectivity index (χ2n) is 0.218. The summed E-state index contributed by atoms with van der Waals surface area (Å²) in [5, 5.41) is 17.4. The Labute approximate surface area is 68.6 Å². The van der Waals surface area contributed by atoms with E-state index in [1.54, 1.807) is 0 Å². The number of alkyl halides is 2. The predicted molar refractivity (Wildman–Crippen MR) is 27.2 cm³/mol. The van der Waals surface area contributed by atoms with E-state index in [1.807, 2.05) is 0 Å². The molecule has 0 aliphatic heterocycles. The van der Waals surface area contributed by atoms with Crippen LogP contribution >= 0.6 is 23.2 Å². The van der Waals surface area contributed by atoms with E-state index in [1.165, 1.54) is 0 Å². The molecule has 0 N–H and O–H groups in total. The predicted octanol–water partition coefficient (Wildman–Crippen LogP) is -1.29. The van der Waals surface area contributed by atoms with Crippen LogP contribution in [-0.2, 0) is 0 Å². The van der Waals surface area contributed by atoms with Gasteiger partial charge in [0.15, 0.2) is 0 Å². The van der Waals surface area contributed by atoms with E-state index in [0.29, 0.717) is 0 Å². The van der Waals surface area contributed by atoms with Crippen LogP contribution < -0.4 is 10.2 Å². The molecule has 0 radical (unpaired) electrons. The first kappa shape index (κ1) is 15.7. The van der Waals surface area contributed by atoms with Crippen LogP contribution in [0.3, 0.4) is 0 Å². The zero-order chi connectivity index (χ0) is 5.41. The molecule has 0 unspecified atom stereocenters. The van der Waals surface area contributed by atoms with E-state index < -0.39 is 12.1 Å². The number of hydrogen-bond donors (Lipinski definition) is 0. The minimum absolute atomic E-state index is 0. The van der Waals surface area contributed by atoms with Crippen molar-refractivity contribution < 1.29 is 10.2 Å². The zero-order valence-corrected chi connectivity index (χ0v) is 6.62. The maximum Gasteiger partial charge on any atom is 2.00 e. The monoisotopic (exact) mass is 154 g/mol. The van der Waals surface area contributed by atoms with Crippen molar-refractivity contribution >= 4 is 46.3 Å². The van der Waals surface area contributed by atoms with Gasteiger partial charge in [0.25, 0.3) is 0 Å². The van der Waals surface area contributed by atoms with E-state index in [2.05, 4.69) is 23.2 Å². The molecular weight excluding hydrogens is 151 g/mol. The van der Waals surface area contributed by atoms with Crippen molar-refractivity contribution in [3.8, 4) is 0 Å². The molecule has 7 heavy (non-hydrogen) atoms. The maximum absolute atomic E-state index is 8.70. The van der Waals surface area contributed by atoms with Gasteiger partial charge in [-0.05, 0) is 0 Å². The Balaban J connectivity index is -0.0000000400. The molecule has 5 heteroatoms. The molecule has 0 rings (SSSR count). The Bertz CT molecular complexity index is 15.7. The van der Waals surface area contributed by atoms with Gasteiger partial charge in [-0.1, -0.05) is 12.1 Å². The summed E-state index contributed by atoms with van der Waals surface area (Å²) in [5.74, 6) is 0. The maximum atomic E-state index is 8.70. The number of halogens is 2. The molecular formula is C2H4Cl2MgO2. The second kappa shape index (κ2) is 26.7. The molecule has 0 heterocycles. The fourth-order valence-electron chi connectivity index (χ4n) is 0. The summed E-state index contributed by atoms with van der Waals surface area (Å²) in [7, 11) is 0. The first-order valence-electron chi connectivity index (χ1n) is 1.11. The summed E-state index contributed by atoms with van der Waals surface area (Å²) in [6.45, 7) is 0. The first-order valence-corrected chi connectivity index (χ1v) is 2.18. The molecule has 0 aromatic carbocycles. The van der Waals surface area contributed by atoms with Crippen LogP contribution in [0.15, 0.2) is 0 Å². The number of rotatable bonds is 0. The third-order valence-corrected chi connectivity index (χ3v) is 0. The van der Waals surface area contributed by atoms with Crippen molar-refractivity contribution in [1.82, 2.24) is 0 Å². The Kier molecular flexibility index (Phi) is 60.1. The van der Waals surface area contributed by atoms with Crippen molar-refractivity contribution in [2.75, 3.05) is 12.1 Å². The summed E-state index contributed by atoms with van der Waals surface area (Å²) in [4.78, 5) is 0. The van der Waals surface area contributed by atoms with E-state index in [-0.39, 0.29) is 23.1 Å². The Morgan fingerprint density at radius 1 is 1.00 bits per heavy atom. The fraction of sp³-hybridized carbons (Fsp3) is 1.00. The van der Waals surface area contributed by atoms with Gasteiger partial charge in [-0.2, -0.15) is 0 Å². The molecule has 0 amide bonds.